The Labute approximate surface area is 109 Å². The van der Waals surface area contributed by atoms with E-state index in [2.05, 4.69) is 0 Å². The lowest BCUT2D eigenvalue weighted by Crippen LogP contribution is -2.43. The summed E-state index contributed by atoms with van der Waals surface area (Å²) < 4.78 is 0. The number of amides is 2. The molecule has 0 heterocycles. The fourth-order valence-electron chi connectivity index (χ4n) is 2.45. The van der Waals surface area contributed by atoms with Crippen LogP contribution in [0.4, 0.5) is 0 Å². The quantitative estimate of drug-likeness (QED) is 0.744. The van der Waals surface area contributed by atoms with Gasteiger partial charge in [-0.15, -0.1) is 0 Å². The van der Waals surface area contributed by atoms with Crippen LogP contribution in [0.15, 0.2) is 0 Å². The van der Waals surface area contributed by atoms with Gasteiger partial charge in [0.1, 0.15) is 0 Å². The Bertz CT molecular complexity index is 290. The van der Waals surface area contributed by atoms with Crippen molar-refractivity contribution in [2.45, 2.75) is 38.5 Å². The summed E-state index contributed by atoms with van der Waals surface area (Å²) in [5.74, 6) is 1.02. The molecule has 2 fully saturated rings. The molecule has 0 N–H and O–H groups in total. The topological polar surface area (TPSA) is 40.6 Å². The standard InChI is InChI=1S/C14H24N2O2/c1-15(13(17)11-5-3-6-11)9-10-16(2)14(18)12-7-4-8-12/h11-12H,3-10H2,1-2H3. The van der Waals surface area contributed by atoms with E-state index < -0.39 is 0 Å². The third-order valence-electron chi connectivity index (χ3n) is 4.43. The molecule has 2 rings (SSSR count). The van der Waals surface area contributed by atoms with Crippen LogP contribution in [0.5, 0.6) is 0 Å². The maximum atomic E-state index is 11.9. The van der Waals surface area contributed by atoms with Gasteiger partial charge >= 0.3 is 0 Å². The molecule has 2 aliphatic rings. The smallest absolute Gasteiger partial charge is 0.225 e. The summed E-state index contributed by atoms with van der Waals surface area (Å²) in [5.41, 5.74) is 0. The zero-order chi connectivity index (χ0) is 13.1. The average Bonchev–Trinajstić information content (AvgIpc) is 2.20. The first kappa shape index (κ1) is 13.4. The van der Waals surface area contributed by atoms with Crippen molar-refractivity contribution in [3.05, 3.63) is 0 Å². The second-order valence-electron chi connectivity index (χ2n) is 5.78. The number of rotatable bonds is 5. The average molecular weight is 252 g/mol. The molecule has 0 aromatic rings. The lowest BCUT2D eigenvalue weighted by Gasteiger charge is -2.32. The van der Waals surface area contributed by atoms with Gasteiger partial charge in [-0.1, -0.05) is 12.8 Å². The fourth-order valence-corrected chi connectivity index (χ4v) is 2.45. The van der Waals surface area contributed by atoms with E-state index in [1.54, 1.807) is 9.80 Å². The second-order valence-corrected chi connectivity index (χ2v) is 5.78. The summed E-state index contributed by atoms with van der Waals surface area (Å²) in [6.45, 7) is 1.31. The van der Waals surface area contributed by atoms with E-state index in [1.807, 2.05) is 14.1 Å². The Morgan fingerprint density at radius 2 is 1.17 bits per heavy atom. The largest absolute Gasteiger partial charge is 0.344 e. The first-order valence-electron chi connectivity index (χ1n) is 7.09. The van der Waals surface area contributed by atoms with Gasteiger partial charge in [-0.25, -0.2) is 0 Å². The van der Waals surface area contributed by atoms with E-state index in [1.165, 1.54) is 12.8 Å². The van der Waals surface area contributed by atoms with E-state index >= 15 is 0 Å². The number of carbonyl (C=O) groups excluding carboxylic acids is 2. The first-order chi connectivity index (χ1) is 8.59. The number of likely N-dealkylation sites (N-methyl/N-ethyl adjacent to an activating group) is 2. The normalized spacial score (nSPS) is 19.9. The zero-order valence-electron chi connectivity index (χ0n) is 11.5. The molecule has 102 valence electrons. The molecule has 0 atom stereocenters. The van der Waals surface area contributed by atoms with Gasteiger partial charge in [0, 0.05) is 39.0 Å². The Hall–Kier alpha value is -1.06. The molecule has 2 amide bonds. The minimum absolute atomic E-state index is 0.252. The summed E-state index contributed by atoms with van der Waals surface area (Å²) >= 11 is 0. The third-order valence-corrected chi connectivity index (χ3v) is 4.43. The van der Waals surface area contributed by atoms with Crippen molar-refractivity contribution in [1.82, 2.24) is 9.80 Å². The van der Waals surface area contributed by atoms with Gasteiger partial charge in [0.2, 0.25) is 11.8 Å². The lowest BCUT2D eigenvalue weighted by molar-refractivity contribution is -0.140. The van der Waals surface area contributed by atoms with Crippen molar-refractivity contribution in [1.29, 1.82) is 0 Å². The fraction of sp³-hybridized carbons (Fsp3) is 0.857. The van der Waals surface area contributed by atoms with E-state index in [0.717, 1.165) is 25.7 Å². The van der Waals surface area contributed by atoms with E-state index in [4.69, 9.17) is 0 Å². The Morgan fingerprint density at radius 3 is 1.39 bits per heavy atom. The summed E-state index contributed by atoms with van der Waals surface area (Å²) in [6, 6.07) is 0. The van der Waals surface area contributed by atoms with Gasteiger partial charge in [-0.3, -0.25) is 9.59 Å². The number of carbonyl (C=O) groups is 2. The Balaban J connectivity index is 1.69. The van der Waals surface area contributed by atoms with Gasteiger partial charge in [-0.05, 0) is 25.7 Å². The first-order valence-corrected chi connectivity index (χ1v) is 7.09. The van der Waals surface area contributed by atoms with Crippen LogP contribution in [-0.2, 0) is 9.59 Å². The van der Waals surface area contributed by atoms with E-state index in [9.17, 15) is 9.59 Å². The van der Waals surface area contributed by atoms with Gasteiger partial charge < -0.3 is 9.80 Å². The molecule has 4 nitrogen and oxygen atoms in total. The summed E-state index contributed by atoms with van der Waals surface area (Å²) in [7, 11) is 3.70. The highest BCUT2D eigenvalue weighted by Crippen LogP contribution is 2.28. The van der Waals surface area contributed by atoms with E-state index in [-0.39, 0.29) is 23.7 Å². The van der Waals surface area contributed by atoms with Gasteiger partial charge in [0.25, 0.3) is 0 Å². The number of hydrogen-bond donors (Lipinski definition) is 0. The van der Waals surface area contributed by atoms with Crippen LogP contribution < -0.4 is 0 Å². The zero-order valence-corrected chi connectivity index (χ0v) is 11.5. The predicted molar refractivity (Wildman–Crippen MR) is 70.0 cm³/mol. The Morgan fingerprint density at radius 1 is 0.833 bits per heavy atom. The predicted octanol–water partition coefficient (Wildman–Crippen LogP) is 1.50. The van der Waals surface area contributed by atoms with Crippen molar-refractivity contribution in [3.8, 4) is 0 Å². The van der Waals surface area contributed by atoms with E-state index in [0.29, 0.717) is 13.1 Å². The molecule has 0 unspecified atom stereocenters. The monoisotopic (exact) mass is 252 g/mol. The molecule has 0 saturated heterocycles. The van der Waals surface area contributed by atoms with Crippen molar-refractivity contribution >= 4 is 11.8 Å². The SMILES string of the molecule is CN(CCN(C)C(=O)C1CCC1)C(=O)C1CCC1. The van der Waals surface area contributed by atoms with Crippen molar-refractivity contribution in [2.75, 3.05) is 27.2 Å². The summed E-state index contributed by atoms with van der Waals surface area (Å²) in [6.07, 6.45) is 6.54. The summed E-state index contributed by atoms with van der Waals surface area (Å²) in [5, 5.41) is 0. The van der Waals surface area contributed by atoms with Crippen molar-refractivity contribution in [2.24, 2.45) is 11.8 Å². The van der Waals surface area contributed by atoms with Crippen molar-refractivity contribution in [3.63, 3.8) is 0 Å². The molecule has 0 bridgehead atoms. The molecule has 0 spiro atoms. The van der Waals surface area contributed by atoms with Gasteiger partial charge in [0.15, 0.2) is 0 Å². The highest BCUT2D eigenvalue weighted by molar-refractivity contribution is 5.80. The molecular weight excluding hydrogens is 228 g/mol. The van der Waals surface area contributed by atoms with Crippen LogP contribution in [0.1, 0.15) is 38.5 Å². The summed E-state index contributed by atoms with van der Waals surface area (Å²) in [4.78, 5) is 27.4. The Kier molecular flexibility index (Phi) is 4.25. The maximum Gasteiger partial charge on any atom is 0.225 e. The van der Waals surface area contributed by atoms with Gasteiger partial charge in [-0.2, -0.15) is 0 Å². The molecule has 0 aliphatic heterocycles. The van der Waals surface area contributed by atoms with Crippen LogP contribution in [-0.4, -0.2) is 48.8 Å². The van der Waals surface area contributed by atoms with Crippen LogP contribution >= 0.6 is 0 Å². The van der Waals surface area contributed by atoms with Crippen LogP contribution in [0.3, 0.4) is 0 Å². The molecule has 0 aromatic heterocycles. The second kappa shape index (κ2) is 5.72. The third kappa shape index (κ3) is 2.85. The molecular formula is C14H24N2O2. The molecule has 4 heteroatoms. The lowest BCUT2D eigenvalue weighted by atomic mass is 9.84. The molecule has 2 aliphatic carbocycles. The molecule has 18 heavy (non-hydrogen) atoms. The number of hydrogen-bond acceptors (Lipinski definition) is 2. The van der Waals surface area contributed by atoms with Crippen LogP contribution in [0, 0.1) is 11.8 Å². The van der Waals surface area contributed by atoms with Crippen LogP contribution in [0.25, 0.3) is 0 Å². The molecule has 0 aromatic carbocycles. The molecule has 2 saturated carbocycles. The van der Waals surface area contributed by atoms with Crippen molar-refractivity contribution < 1.29 is 9.59 Å². The minimum atomic E-state index is 0.252. The highest BCUT2D eigenvalue weighted by atomic mass is 16.2. The van der Waals surface area contributed by atoms with Gasteiger partial charge in [0.05, 0.1) is 0 Å². The minimum Gasteiger partial charge on any atom is -0.344 e. The maximum absolute atomic E-state index is 11.9. The number of nitrogens with zero attached hydrogens (tertiary/aromatic N) is 2. The van der Waals surface area contributed by atoms with Crippen LogP contribution in [0.2, 0.25) is 0 Å². The molecule has 0 radical (unpaired) electrons. The highest BCUT2D eigenvalue weighted by Gasteiger charge is 2.29.